The molecule has 1 fully saturated rings. The Morgan fingerprint density at radius 1 is 1.22 bits per heavy atom. The molecule has 1 aliphatic carbocycles. The summed E-state index contributed by atoms with van der Waals surface area (Å²) in [6, 6.07) is 0. The van der Waals surface area contributed by atoms with Gasteiger partial charge in [-0.05, 0) is 24.2 Å². The zero-order valence-corrected chi connectivity index (χ0v) is 6.85. The van der Waals surface area contributed by atoms with Gasteiger partial charge in [0.05, 0.1) is 0 Å². The van der Waals surface area contributed by atoms with Crippen molar-refractivity contribution in [1.29, 1.82) is 0 Å². The highest BCUT2D eigenvalue weighted by Gasteiger charge is 2.25. The lowest BCUT2D eigenvalue weighted by molar-refractivity contribution is 0.314. The molecule has 2 atom stereocenters. The quantitative estimate of drug-likeness (QED) is 0.506. The molecule has 0 aromatic rings. The Morgan fingerprint density at radius 3 is 2.11 bits per heavy atom. The van der Waals surface area contributed by atoms with Crippen molar-refractivity contribution in [3.05, 3.63) is 0 Å². The van der Waals surface area contributed by atoms with Crippen LogP contribution in [0.2, 0.25) is 0 Å². The molecule has 1 saturated carbocycles. The van der Waals surface area contributed by atoms with E-state index in [1.807, 2.05) is 0 Å². The molecule has 1 aliphatic rings. The van der Waals surface area contributed by atoms with Crippen LogP contribution in [0, 0.1) is 17.8 Å². The zero-order valence-electron chi connectivity index (χ0n) is 6.85. The van der Waals surface area contributed by atoms with Crippen LogP contribution in [-0.4, -0.2) is 0 Å². The van der Waals surface area contributed by atoms with Gasteiger partial charge in [0.25, 0.3) is 0 Å². The molecule has 0 aromatic carbocycles. The van der Waals surface area contributed by atoms with Gasteiger partial charge < -0.3 is 0 Å². The predicted octanol–water partition coefficient (Wildman–Crippen LogP) is 3.08. The van der Waals surface area contributed by atoms with Crippen molar-refractivity contribution in [3.63, 3.8) is 0 Å². The Balaban J connectivity index is 2.40. The van der Waals surface area contributed by atoms with Crippen molar-refractivity contribution in [3.8, 4) is 0 Å². The van der Waals surface area contributed by atoms with Crippen molar-refractivity contribution >= 4 is 0 Å². The number of hydrogen-bond acceptors (Lipinski definition) is 0. The molecule has 0 amide bonds. The van der Waals surface area contributed by atoms with Gasteiger partial charge in [0.15, 0.2) is 0 Å². The molecular weight excluding hydrogens is 108 g/mol. The second kappa shape index (κ2) is 2.72. The molecule has 9 heavy (non-hydrogen) atoms. The van der Waals surface area contributed by atoms with Crippen molar-refractivity contribution in [2.75, 3.05) is 0 Å². The fourth-order valence-corrected chi connectivity index (χ4v) is 2.16. The zero-order chi connectivity index (χ0) is 6.85. The van der Waals surface area contributed by atoms with Gasteiger partial charge in [0, 0.05) is 0 Å². The van der Waals surface area contributed by atoms with E-state index >= 15 is 0 Å². The average Bonchev–Trinajstić information content (AvgIpc) is 2.13. The summed E-state index contributed by atoms with van der Waals surface area (Å²) in [5.41, 5.74) is 0. The molecule has 0 aliphatic heterocycles. The number of hydrogen-bond donors (Lipinski definition) is 0. The third-order valence-electron chi connectivity index (χ3n) is 2.78. The second-order valence-corrected chi connectivity index (χ2v) is 3.82. The van der Waals surface area contributed by atoms with Crippen molar-refractivity contribution in [2.24, 2.45) is 17.8 Å². The van der Waals surface area contributed by atoms with Crippen LogP contribution < -0.4 is 0 Å². The van der Waals surface area contributed by atoms with E-state index in [-0.39, 0.29) is 0 Å². The van der Waals surface area contributed by atoms with Gasteiger partial charge in [0.1, 0.15) is 0 Å². The van der Waals surface area contributed by atoms with E-state index in [0.29, 0.717) is 0 Å². The van der Waals surface area contributed by atoms with E-state index in [1.165, 1.54) is 19.3 Å². The van der Waals surface area contributed by atoms with Gasteiger partial charge in [0.2, 0.25) is 0 Å². The van der Waals surface area contributed by atoms with Gasteiger partial charge in [-0.15, -0.1) is 0 Å². The van der Waals surface area contributed by atoms with E-state index in [4.69, 9.17) is 0 Å². The summed E-state index contributed by atoms with van der Waals surface area (Å²) in [5, 5.41) is 0. The molecule has 0 heterocycles. The largest absolute Gasteiger partial charge is 0.0625 e. The summed E-state index contributed by atoms with van der Waals surface area (Å²) in [4.78, 5) is 0. The summed E-state index contributed by atoms with van der Waals surface area (Å²) >= 11 is 0. The Hall–Kier alpha value is 0. The number of rotatable bonds is 1. The first-order valence-corrected chi connectivity index (χ1v) is 4.22. The Kier molecular flexibility index (Phi) is 2.15. The molecule has 0 N–H and O–H groups in total. The standard InChI is InChI=1S/C9H18/c1-7(2)9-6-4-5-8(9)3/h7-9H,4-6H2,1-3H3/t8-,9-/m1/s1. The molecular formula is C9H18. The first-order valence-electron chi connectivity index (χ1n) is 4.22. The smallest absolute Gasteiger partial charge is 0.0365 e. The lowest BCUT2D eigenvalue weighted by Gasteiger charge is -2.18. The maximum Gasteiger partial charge on any atom is -0.0365 e. The van der Waals surface area contributed by atoms with E-state index in [0.717, 1.165) is 17.8 Å². The van der Waals surface area contributed by atoms with Gasteiger partial charge in [-0.2, -0.15) is 0 Å². The monoisotopic (exact) mass is 126 g/mol. The third-order valence-corrected chi connectivity index (χ3v) is 2.78. The summed E-state index contributed by atoms with van der Waals surface area (Å²) in [6.45, 7) is 7.11. The van der Waals surface area contributed by atoms with Crippen molar-refractivity contribution < 1.29 is 0 Å². The minimum Gasteiger partial charge on any atom is -0.0625 e. The Bertz CT molecular complexity index is 84.0. The normalized spacial score (nSPS) is 36.0. The van der Waals surface area contributed by atoms with Gasteiger partial charge in [-0.25, -0.2) is 0 Å². The van der Waals surface area contributed by atoms with E-state index in [2.05, 4.69) is 20.8 Å². The lowest BCUT2D eigenvalue weighted by atomic mass is 9.87. The highest BCUT2D eigenvalue weighted by molar-refractivity contribution is 4.75. The average molecular weight is 126 g/mol. The maximum absolute atomic E-state index is 2.40. The van der Waals surface area contributed by atoms with Gasteiger partial charge in [-0.1, -0.05) is 33.6 Å². The van der Waals surface area contributed by atoms with E-state index in [9.17, 15) is 0 Å². The molecule has 0 heteroatoms. The van der Waals surface area contributed by atoms with Crippen LogP contribution >= 0.6 is 0 Å². The molecule has 0 spiro atoms. The van der Waals surface area contributed by atoms with Gasteiger partial charge >= 0.3 is 0 Å². The van der Waals surface area contributed by atoms with Crippen molar-refractivity contribution in [2.45, 2.75) is 40.0 Å². The second-order valence-electron chi connectivity index (χ2n) is 3.82. The molecule has 0 radical (unpaired) electrons. The summed E-state index contributed by atoms with van der Waals surface area (Å²) in [5.74, 6) is 2.96. The minimum absolute atomic E-state index is 0.919. The van der Waals surface area contributed by atoms with E-state index < -0.39 is 0 Å². The summed E-state index contributed by atoms with van der Waals surface area (Å²) in [6.07, 6.45) is 4.44. The third kappa shape index (κ3) is 1.47. The molecule has 1 rings (SSSR count). The highest BCUT2D eigenvalue weighted by Crippen LogP contribution is 2.35. The maximum atomic E-state index is 2.40. The molecule has 54 valence electrons. The highest BCUT2D eigenvalue weighted by atomic mass is 14.3. The van der Waals surface area contributed by atoms with Crippen LogP contribution in [0.3, 0.4) is 0 Å². The van der Waals surface area contributed by atoms with Crippen LogP contribution in [-0.2, 0) is 0 Å². The van der Waals surface area contributed by atoms with Crippen molar-refractivity contribution in [1.82, 2.24) is 0 Å². The fraction of sp³-hybridized carbons (Fsp3) is 1.00. The van der Waals surface area contributed by atoms with Crippen LogP contribution in [0.4, 0.5) is 0 Å². The molecule has 0 unspecified atom stereocenters. The topological polar surface area (TPSA) is 0 Å². The summed E-state index contributed by atoms with van der Waals surface area (Å²) in [7, 11) is 0. The summed E-state index contributed by atoms with van der Waals surface area (Å²) < 4.78 is 0. The first kappa shape index (κ1) is 7.11. The first-order chi connectivity index (χ1) is 4.22. The fourth-order valence-electron chi connectivity index (χ4n) is 2.16. The van der Waals surface area contributed by atoms with Crippen LogP contribution in [0.15, 0.2) is 0 Å². The van der Waals surface area contributed by atoms with Crippen LogP contribution in [0.1, 0.15) is 40.0 Å². The lowest BCUT2D eigenvalue weighted by Crippen LogP contribution is -2.10. The van der Waals surface area contributed by atoms with E-state index in [1.54, 1.807) is 0 Å². The molecule has 0 saturated heterocycles. The molecule has 0 bridgehead atoms. The SMILES string of the molecule is CC(C)[C@H]1CCC[C@H]1C. The Morgan fingerprint density at radius 2 is 1.89 bits per heavy atom. The molecule has 0 nitrogen and oxygen atoms in total. The van der Waals surface area contributed by atoms with Crippen LogP contribution in [0.5, 0.6) is 0 Å². The minimum atomic E-state index is 0.919. The van der Waals surface area contributed by atoms with Crippen LogP contribution in [0.25, 0.3) is 0 Å². The predicted molar refractivity (Wildman–Crippen MR) is 41.3 cm³/mol. The molecule has 0 aromatic heterocycles. The Labute approximate surface area is 58.7 Å². The van der Waals surface area contributed by atoms with Gasteiger partial charge in [-0.3, -0.25) is 0 Å².